The number of anilines is 2. The summed E-state index contributed by atoms with van der Waals surface area (Å²) in [5, 5.41) is 6.85. The van der Waals surface area contributed by atoms with E-state index in [9.17, 15) is 0 Å². The van der Waals surface area contributed by atoms with Crippen molar-refractivity contribution in [1.82, 2.24) is 0 Å². The molecule has 2 aromatic rings. The van der Waals surface area contributed by atoms with Crippen molar-refractivity contribution in [3.05, 3.63) is 59.2 Å². The normalized spacial score (nSPS) is 9.65. The Hall–Kier alpha value is -2.31. The fourth-order valence-electron chi connectivity index (χ4n) is 2.03. The van der Waals surface area contributed by atoms with E-state index in [4.69, 9.17) is 18.6 Å². The maximum atomic E-state index is 5.38. The van der Waals surface area contributed by atoms with Gasteiger partial charge in [-0.15, -0.1) is 6.42 Å². The van der Waals surface area contributed by atoms with Gasteiger partial charge in [-0.2, -0.15) is 0 Å². The molecular formula is C17H16N2S. The van der Waals surface area contributed by atoms with Gasteiger partial charge in [0, 0.05) is 16.9 Å². The van der Waals surface area contributed by atoms with Crippen molar-refractivity contribution in [3.8, 4) is 12.3 Å². The molecule has 0 aliphatic heterocycles. The van der Waals surface area contributed by atoms with E-state index in [1.54, 1.807) is 0 Å². The number of benzene rings is 2. The van der Waals surface area contributed by atoms with Gasteiger partial charge in [0.1, 0.15) is 0 Å². The van der Waals surface area contributed by atoms with E-state index in [1.807, 2.05) is 24.3 Å². The first-order chi connectivity index (χ1) is 9.56. The maximum absolute atomic E-state index is 5.38. The number of hydrogen-bond acceptors (Lipinski definition) is 1. The Kier molecular flexibility index (Phi) is 4.39. The highest BCUT2D eigenvalue weighted by molar-refractivity contribution is 7.80. The van der Waals surface area contributed by atoms with E-state index in [0.717, 1.165) is 16.9 Å². The lowest BCUT2D eigenvalue weighted by molar-refractivity contribution is 1.38. The van der Waals surface area contributed by atoms with Gasteiger partial charge in [-0.3, -0.25) is 0 Å². The van der Waals surface area contributed by atoms with Crippen LogP contribution >= 0.6 is 12.2 Å². The summed E-state index contributed by atoms with van der Waals surface area (Å²) in [7, 11) is 0. The zero-order valence-corrected chi connectivity index (χ0v) is 12.3. The van der Waals surface area contributed by atoms with Crippen molar-refractivity contribution < 1.29 is 0 Å². The van der Waals surface area contributed by atoms with E-state index in [2.05, 4.69) is 48.6 Å². The fraction of sp³-hybridized carbons (Fsp3) is 0.118. The Balaban J connectivity index is 2.07. The molecule has 0 unspecified atom stereocenters. The van der Waals surface area contributed by atoms with E-state index in [-0.39, 0.29) is 0 Å². The molecule has 100 valence electrons. The Labute approximate surface area is 125 Å². The Morgan fingerprint density at radius 1 is 1.00 bits per heavy atom. The lowest BCUT2D eigenvalue weighted by atomic mass is 10.1. The third-order valence-electron chi connectivity index (χ3n) is 2.77. The number of rotatable bonds is 2. The molecular weight excluding hydrogens is 264 g/mol. The van der Waals surface area contributed by atoms with Crippen LogP contribution in [0.1, 0.15) is 16.7 Å². The molecule has 2 nitrogen and oxygen atoms in total. The first kappa shape index (κ1) is 14.1. The van der Waals surface area contributed by atoms with Crippen molar-refractivity contribution >= 4 is 28.7 Å². The number of nitrogens with one attached hydrogen (secondary N) is 2. The quantitative estimate of drug-likeness (QED) is 0.640. The summed E-state index contributed by atoms with van der Waals surface area (Å²) in [6.07, 6.45) is 5.38. The molecule has 0 radical (unpaired) electrons. The molecule has 2 aromatic carbocycles. The minimum Gasteiger partial charge on any atom is -0.332 e. The van der Waals surface area contributed by atoms with Gasteiger partial charge in [-0.1, -0.05) is 18.1 Å². The first-order valence-corrected chi connectivity index (χ1v) is 6.70. The molecule has 0 aliphatic carbocycles. The number of terminal acetylenes is 1. The summed E-state index contributed by atoms with van der Waals surface area (Å²) in [5.74, 6) is 2.60. The molecule has 0 aliphatic rings. The van der Waals surface area contributed by atoms with Crippen molar-refractivity contribution in [2.24, 2.45) is 0 Å². The molecule has 0 amide bonds. The number of hydrogen-bond donors (Lipinski definition) is 2. The molecule has 20 heavy (non-hydrogen) atoms. The average Bonchev–Trinajstić information content (AvgIpc) is 2.37. The second kappa shape index (κ2) is 6.23. The Morgan fingerprint density at radius 3 is 2.30 bits per heavy atom. The van der Waals surface area contributed by atoms with Crippen LogP contribution in [0, 0.1) is 26.2 Å². The summed E-state index contributed by atoms with van der Waals surface area (Å²) >= 11 is 5.31. The third kappa shape index (κ3) is 3.84. The smallest absolute Gasteiger partial charge is 0.175 e. The van der Waals surface area contributed by atoms with Crippen molar-refractivity contribution in [3.63, 3.8) is 0 Å². The summed E-state index contributed by atoms with van der Waals surface area (Å²) in [6, 6.07) is 13.8. The van der Waals surface area contributed by atoms with Crippen LogP contribution < -0.4 is 10.6 Å². The second-order valence-corrected chi connectivity index (χ2v) is 5.09. The number of thiocarbonyl (C=S) groups is 1. The summed E-state index contributed by atoms with van der Waals surface area (Å²) < 4.78 is 0. The maximum Gasteiger partial charge on any atom is 0.175 e. The Morgan fingerprint density at radius 2 is 1.65 bits per heavy atom. The van der Waals surface area contributed by atoms with Gasteiger partial charge < -0.3 is 10.6 Å². The summed E-state index contributed by atoms with van der Waals surface area (Å²) in [5.41, 5.74) is 5.08. The largest absolute Gasteiger partial charge is 0.332 e. The molecule has 0 saturated carbocycles. The minimum atomic E-state index is 0.546. The minimum absolute atomic E-state index is 0.546. The molecule has 0 saturated heterocycles. The zero-order valence-electron chi connectivity index (χ0n) is 11.5. The van der Waals surface area contributed by atoms with Crippen LogP contribution in [0.15, 0.2) is 42.5 Å². The van der Waals surface area contributed by atoms with Gasteiger partial charge >= 0.3 is 0 Å². The first-order valence-electron chi connectivity index (χ1n) is 6.30. The van der Waals surface area contributed by atoms with Crippen molar-refractivity contribution in [2.45, 2.75) is 13.8 Å². The molecule has 0 bridgehead atoms. The van der Waals surface area contributed by atoms with Crippen LogP contribution in [-0.4, -0.2) is 5.11 Å². The molecule has 2 rings (SSSR count). The molecule has 0 atom stereocenters. The van der Waals surface area contributed by atoms with Crippen LogP contribution in [0.5, 0.6) is 0 Å². The van der Waals surface area contributed by atoms with E-state index in [1.165, 1.54) is 11.1 Å². The average molecular weight is 280 g/mol. The predicted molar refractivity (Wildman–Crippen MR) is 90.1 cm³/mol. The van der Waals surface area contributed by atoms with E-state index < -0.39 is 0 Å². The highest BCUT2D eigenvalue weighted by atomic mass is 32.1. The molecule has 0 heterocycles. The molecule has 3 heteroatoms. The number of aryl methyl sites for hydroxylation is 2. The highest BCUT2D eigenvalue weighted by Gasteiger charge is 2.01. The van der Waals surface area contributed by atoms with Crippen LogP contribution in [0.2, 0.25) is 0 Å². The van der Waals surface area contributed by atoms with Gasteiger partial charge in [0.05, 0.1) is 0 Å². The van der Waals surface area contributed by atoms with Gasteiger partial charge in [-0.25, -0.2) is 0 Å². The zero-order chi connectivity index (χ0) is 14.5. The van der Waals surface area contributed by atoms with Crippen LogP contribution in [0.25, 0.3) is 0 Å². The molecule has 2 N–H and O–H groups in total. The van der Waals surface area contributed by atoms with Crippen LogP contribution in [0.4, 0.5) is 11.4 Å². The second-order valence-electron chi connectivity index (χ2n) is 4.68. The topological polar surface area (TPSA) is 24.1 Å². The van der Waals surface area contributed by atoms with Crippen molar-refractivity contribution in [1.29, 1.82) is 0 Å². The van der Waals surface area contributed by atoms with Gasteiger partial charge in [0.15, 0.2) is 5.11 Å². The van der Waals surface area contributed by atoms with E-state index >= 15 is 0 Å². The fourth-order valence-corrected chi connectivity index (χ4v) is 2.26. The predicted octanol–water partition coefficient (Wildman–Crippen LogP) is 4.09. The third-order valence-corrected chi connectivity index (χ3v) is 2.97. The lowest BCUT2D eigenvalue weighted by Crippen LogP contribution is -2.19. The van der Waals surface area contributed by atoms with Gasteiger partial charge in [-0.05, 0) is 67.5 Å². The van der Waals surface area contributed by atoms with E-state index in [0.29, 0.717) is 5.11 Å². The SMILES string of the molecule is C#Cc1cccc(NC(=S)Nc2cc(C)cc(C)c2)c1. The van der Waals surface area contributed by atoms with Gasteiger partial charge in [0.2, 0.25) is 0 Å². The molecule has 0 fully saturated rings. The van der Waals surface area contributed by atoms with Crippen LogP contribution in [0.3, 0.4) is 0 Å². The monoisotopic (exact) mass is 280 g/mol. The van der Waals surface area contributed by atoms with Crippen LogP contribution in [-0.2, 0) is 0 Å². The lowest BCUT2D eigenvalue weighted by Gasteiger charge is -2.12. The Bertz CT molecular complexity index is 663. The standard InChI is InChI=1S/C17H16N2S/c1-4-14-6-5-7-15(11-14)18-17(20)19-16-9-12(2)8-13(3)10-16/h1,5-11H,2-3H3,(H2,18,19,20). The van der Waals surface area contributed by atoms with Gasteiger partial charge in [0.25, 0.3) is 0 Å². The summed E-state index contributed by atoms with van der Waals surface area (Å²) in [6.45, 7) is 4.12. The summed E-state index contributed by atoms with van der Waals surface area (Å²) in [4.78, 5) is 0. The molecule has 0 aromatic heterocycles. The highest BCUT2D eigenvalue weighted by Crippen LogP contribution is 2.15. The van der Waals surface area contributed by atoms with Crippen molar-refractivity contribution in [2.75, 3.05) is 10.6 Å². The molecule has 0 spiro atoms.